The van der Waals surface area contributed by atoms with Gasteiger partial charge in [-0.1, -0.05) is 31.0 Å². The van der Waals surface area contributed by atoms with Crippen LogP contribution >= 0.6 is 11.6 Å². The Morgan fingerprint density at radius 3 is 2.71 bits per heavy atom. The molecule has 1 heterocycles. The van der Waals surface area contributed by atoms with Crippen molar-refractivity contribution in [2.45, 2.75) is 40.0 Å². The molecule has 0 saturated carbocycles. The minimum absolute atomic E-state index is 0.853. The largest absolute Gasteiger partial charge is 0.253 e. The number of pyridine rings is 1. The molecule has 0 fully saturated rings. The van der Waals surface area contributed by atoms with E-state index in [1.54, 1.807) is 0 Å². The molecule has 0 aliphatic heterocycles. The first-order valence-electron chi connectivity index (χ1n) is 6.18. The molecule has 0 amide bonds. The number of benzene rings is 1. The van der Waals surface area contributed by atoms with E-state index >= 15 is 0 Å². The monoisotopic (exact) mass is 247 g/mol. The maximum absolute atomic E-state index is 6.40. The summed E-state index contributed by atoms with van der Waals surface area (Å²) in [5, 5.41) is 1.94. The number of hydrogen-bond donors (Lipinski definition) is 0. The van der Waals surface area contributed by atoms with Gasteiger partial charge in [-0.3, -0.25) is 4.98 Å². The second-order valence-corrected chi connectivity index (χ2v) is 4.97. The van der Waals surface area contributed by atoms with Crippen LogP contribution in [0.2, 0.25) is 5.02 Å². The Bertz CT molecular complexity index is 546. The number of unbranched alkanes of at least 4 members (excludes halogenated alkanes) is 1. The molecule has 1 aromatic heterocycles. The van der Waals surface area contributed by atoms with Gasteiger partial charge >= 0.3 is 0 Å². The van der Waals surface area contributed by atoms with Gasteiger partial charge < -0.3 is 0 Å². The van der Waals surface area contributed by atoms with Crippen molar-refractivity contribution in [2.75, 3.05) is 0 Å². The molecule has 17 heavy (non-hydrogen) atoms. The number of rotatable bonds is 3. The molecule has 0 N–H and O–H groups in total. The van der Waals surface area contributed by atoms with Crippen LogP contribution in [0.3, 0.4) is 0 Å². The summed E-state index contributed by atoms with van der Waals surface area (Å²) < 4.78 is 0. The van der Waals surface area contributed by atoms with Crippen LogP contribution in [0.25, 0.3) is 10.9 Å². The summed E-state index contributed by atoms with van der Waals surface area (Å²) in [5.74, 6) is 0. The Kier molecular flexibility index (Phi) is 3.68. The second kappa shape index (κ2) is 5.05. The molecule has 1 nitrogen and oxygen atoms in total. The lowest BCUT2D eigenvalue weighted by molar-refractivity contribution is 0.796. The van der Waals surface area contributed by atoms with Crippen molar-refractivity contribution in [3.63, 3.8) is 0 Å². The Morgan fingerprint density at radius 1 is 1.24 bits per heavy atom. The van der Waals surface area contributed by atoms with Crippen LogP contribution in [0.4, 0.5) is 0 Å². The van der Waals surface area contributed by atoms with E-state index in [9.17, 15) is 0 Å². The van der Waals surface area contributed by atoms with Gasteiger partial charge in [0.05, 0.1) is 10.5 Å². The Balaban J connectivity index is 2.53. The van der Waals surface area contributed by atoms with Crippen molar-refractivity contribution in [3.8, 4) is 0 Å². The molecule has 0 aliphatic rings. The van der Waals surface area contributed by atoms with Crippen molar-refractivity contribution in [3.05, 3.63) is 40.0 Å². The third-order valence-corrected chi connectivity index (χ3v) is 3.76. The van der Waals surface area contributed by atoms with Crippen LogP contribution in [0.5, 0.6) is 0 Å². The number of fused-ring (bicyclic) bond motifs is 1. The fraction of sp³-hybridized carbons (Fsp3) is 0.400. The summed E-state index contributed by atoms with van der Waals surface area (Å²) in [6.45, 7) is 6.25. The molecule has 0 radical (unpaired) electrons. The fourth-order valence-electron chi connectivity index (χ4n) is 2.02. The van der Waals surface area contributed by atoms with Gasteiger partial charge in [0, 0.05) is 11.1 Å². The molecule has 2 aromatic rings. The number of halogens is 1. The molecule has 0 atom stereocenters. The lowest BCUT2D eigenvalue weighted by Gasteiger charge is -2.08. The summed E-state index contributed by atoms with van der Waals surface area (Å²) in [5.41, 5.74) is 4.46. The molecule has 0 bridgehead atoms. The van der Waals surface area contributed by atoms with Gasteiger partial charge in [0.2, 0.25) is 0 Å². The number of nitrogens with zero attached hydrogens (tertiary/aromatic N) is 1. The van der Waals surface area contributed by atoms with E-state index in [1.165, 1.54) is 18.4 Å². The highest BCUT2D eigenvalue weighted by Gasteiger charge is 2.07. The number of aryl methyl sites for hydroxylation is 2. The van der Waals surface area contributed by atoms with Gasteiger partial charge in [0.15, 0.2) is 0 Å². The highest BCUT2D eigenvalue weighted by Crippen LogP contribution is 2.28. The third-order valence-electron chi connectivity index (χ3n) is 3.28. The van der Waals surface area contributed by atoms with Crippen molar-refractivity contribution < 1.29 is 0 Å². The first-order valence-corrected chi connectivity index (χ1v) is 6.56. The molecule has 2 heteroatoms. The lowest BCUT2D eigenvalue weighted by atomic mass is 10.0. The summed E-state index contributed by atoms with van der Waals surface area (Å²) >= 11 is 6.40. The van der Waals surface area contributed by atoms with Crippen molar-refractivity contribution in [1.82, 2.24) is 4.98 Å². The maximum atomic E-state index is 6.40. The highest BCUT2D eigenvalue weighted by atomic mass is 35.5. The lowest BCUT2D eigenvalue weighted by Crippen LogP contribution is -1.92. The summed E-state index contributed by atoms with van der Waals surface area (Å²) in [7, 11) is 0. The molecular weight excluding hydrogens is 230 g/mol. The SMILES string of the molecule is CCCCc1ccc2nc(C)c(C)c(Cl)c2c1. The van der Waals surface area contributed by atoms with Crippen molar-refractivity contribution in [2.24, 2.45) is 0 Å². The normalized spacial score (nSPS) is 11.1. The van der Waals surface area contributed by atoms with Crippen LogP contribution < -0.4 is 0 Å². The molecule has 90 valence electrons. The molecular formula is C15H18ClN. The Labute approximate surface area is 108 Å². The van der Waals surface area contributed by atoms with Gasteiger partial charge in [0.1, 0.15) is 0 Å². The molecule has 0 aliphatic carbocycles. The van der Waals surface area contributed by atoms with Gasteiger partial charge in [-0.15, -0.1) is 0 Å². The zero-order valence-corrected chi connectivity index (χ0v) is 11.4. The predicted octanol–water partition coefficient (Wildman–Crippen LogP) is 4.85. The Hall–Kier alpha value is -1.08. The minimum atomic E-state index is 0.853. The van der Waals surface area contributed by atoms with E-state index in [1.807, 2.05) is 13.8 Å². The average molecular weight is 248 g/mol. The summed E-state index contributed by atoms with van der Waals surface area (Å²) in [4.78, 5) is 4.57. The van der Waals surface area contributed by atoms with Crippen LogP contribution in [0, 0.1) is 13.8 Å². The first kappa shape index (κ1) is 12.4. The zero-order valence-electron chi connectivity index (χ0n) is 10.7. The smallest absolute Gasteiger partial charge is 0.0720 e. The second-order valence-electron chi connectivity index (χ2n) is 4.59. The van der Waals surface area contributed by atoms with E-state index in [2.05, 4.69) is 30.1 Å². The van der Waals surface area contributed by atoms with Crippen LogP contribution in [-0.4, -0.2) is 4.98 Å². The summed E-state index contributed by atoms with van der Waals surface area (Å²) in [6.07, 6.45) is 3.56. The quantitative estimate of drug-likeness (QED) is 0.756. The highest BCUT2D eigenvalue weighted by molar-refractivity contribution is 6.36. The van der Waals surface area contributed by atoms with Gasteiger partial charge in [-0.2, -0.15) is 0 Å². The third kappa shape index (κ3) is 2.44. The van der Waals surface area contributed by atoms with E-state index in [0.717, 1.165) is 33.6 Å². The zero-order chi connectivity index (χ0) is 12.4. The minimum Gasteiger partial charge on any atom is -0.253 e. The van der Waals surface area contributed by atoms with E-state index in [4.69, 9.17) is 11.6 Å². The average Bonchev–Trinajstić information content (AvgIpc) is 2.34. The Morgan fingerprint density at radius 2 is 2.00 bits per heavy atom. The van der Waals surface area contributed by atoms with Gasteiger partial charge in [0.25, 0.3) is 0 Å². The van der Waals surface area contributed by atoms with Gasteiger partial charge in [-0.05, 0) is 49.9 Å². The van der Waals surface area contributed by atoms with Crippen molar-refractivity contribution in [1.29, 1.82) is 0 Å². The summed E-state index contributed by atoms with van der Waals surface area (Å²) in [6, 6.07) is 6.43. The fourth-order valence-corrected chi connectivity index (χ4v) is 2.31. The van der Waals surface area contributed by atoms with E-state index < -0.39 is 0 Å². The van der Waals surface area contributed by atoms with E-state index in [0.29, 0.717) is 0 Å². The van der Waals surface area contributed by atoms with Gasteiger partial charge in [-0.25, -0.2) is 0 Å². The molecule has 2 rings (SSSR count). The standard InChI is InChI=1S/C15H18ClN/c1-4-5-6-12-7-8-14-13(9-12)15(16)10(2)11(3)17-14/h7-9H,4-6H2,1-3H3. The number of aromatic nitrogens is 1. The van der Waals surface area contributed by atoms with Crippen LogP contribution in [-0.2, 0) is 6.42 Å². The van der Waals surface area contributed by atoms with E-state index in [-0.39, 0.29) is 0 Å². The van der Waals surface area contributed by atoms with Crippen LogP contribution in [0.1, 0.15) is 36.6 Å². The topological polar surface area (TPSA) is 12.9 Å². The van der Waals surface area contributed by atoms with Crippen LogP contribution in [0.15, 0.2) is 18.2 Å². The molecule has 1 aromatic carbocycles. The predicted molar refractivity (Wildman–Crippen MR) is 74.8 cm³/mol. The molecule has 0 saturated heterocycles. The number of hydrogen-bond acceptors (Lipinski definition) is 1. The maximum Gasteiger partial charge on any atom is 0.0720 e. The molecule has 0 spiro atoms. The first-order chi connectivity index (χ1) is 8.13. The van der Waals surface area contributed by atoms with Crippen molar-refractivity contribution >= 4 is 22.5 Å². The molecule has 0 unspecified atom stereocenters.